The van der Waals surface area contributed by atoms with Gasteiger partial charge in [-0.3, -0.25) is 0 Å². The molecule has 0 amide bonds. The number of carbonyl (C=O) groups is 1. The van der Waals surface area contributed by atoms with E-state index in [1.165, 1.54) is 0 Å². The summed E-state index contributed by atoms with van der Waals surface area (Å²) < 4.78 is 0.720. The van der Waals surface area contributed by atoms with Gasteiger partial charge in [-0.15, -0.1) is 0 Å². The standard InChI is InChI=1S/C15H19NO3S2.Ni/c1-10-3-4-11(13(17)7-10)8-20-6-5-14-16(2)12(9-21-14)15(18)19;/h3-4,7,12,14,17H,5-6,9H2,1-2H3,(H,18,19);/t12-,14+;/m1./s1. The van der Waals surface area contributed by atoms with E-state index in [-0.39, 0.29) is 11.1 Å². The van der Waals surface area contributed by atoms with Gasteiger partial charge in [-0.05, 0) is 0 Å². The summed E-state index contributed by atoms with van der Waals surface area (Å²) in [7, 11) is 1.86. The summed E-state index contributed by atoms with van der Waals surface area (Å²) in [6.45, 7) is 1.93. The average Bonchev–Trinajstić information content (AvgIpc) is 2.80. The van der Waals surface area contributed by atoms with Crippen molar-refractivity contribution < 1.29 is 30.0 Å². The number of phenols is 1. The molecule has 0 unspecified atom stereocenters. The molecule has 0 saturated carbocycles. The predicted molar refractivity (Wildman–Crippen MR) is 89.5 cm³/mol. The van der Waals surface area contributed by atoms with E-state index >= 15 is 0 Å². The normalized spacial score (nSPS) is 22.0. The van der Waals surface area contributed by atoms with Crippen LogP contribution in [0, 0.1) is 6.92 Å². The Morgan fingerprint density at radius 3 is 2.86 bits per heavy atom. The van der Waals surface area contributed by atoms with Crippen molar-refractivity contribution in [3.63, 3.8) is 0 Å². The third-order valence-corrected chi connectivity index (χ3v) is 6.66. The van der Waals surface area contributed by atoms with Crippen LogP contribution in [-0.4, -0.2) is 54.9 Å². The molecule has 1 heterocycles. The monoisotopic (exact) mass is 383 g/mol. The summed E-state index contributed by atoms with van der Waals surface area (Å²) >= 11 is 8.27. The van der Waals surface area contributed by atoms with Crippen molar-refractivity contribution in [3.8, 4) is 5.75 Å². The average molecular weight is 384 g/mol. The van der Waals surface area contributed by atoms with Gasteiger partial charge in [0.15, 0.2) is 0 Å². The number of aromatic hydroxyl groups is 1. The van der Waals surface area contributed by atoms with Crippen LogP contribution in [0.2, 0.25) is 0 Å². The zero-order valence-corrected chi connectivity index (χ0v) is 15.0. The van der Waals surface area contributed by atoms with Gasteiger partial charge >= 0.3 is 147 Å². The molecule has 0 aliphatic carbocycles. The van der Waals surface area contributed by atoms with Crippen LogP contribution in [0.25, 0.3) is 0 Å². The molecule has 1 saturated heterocycles. The Labute approximate surface area is 146 Å². The maximum absolute atomic E-state index is 11.1. The Bertz CT molecular complexity index is 582. The Balaban J connectivity index is 1.84. The molecule has 1 fully saturated rings. The number of carboxylic acids is 1. The van der Waals surface area contributed by atoms with Crippen molar-refractivity contribution in [3.05, 3.63) is 29.3 Å². The summed E-state index contributed by atoms with van der Waals surface area (Å²) in [6, 6.07) is 5.11. The number of benzene rings is 1. The van der Waals surface area contributed by atoms with Gasteiger partial charge in [0.2, 0.25) is 0 Å². The Morgan fingerprint density at radius 2 is 2.27 bits per heavy atom. The second-order valence-corrected chi connectivity index (χ2v) is 8.30. The third-order valence-electron chi connectivity index (χ3n) is 3.61. The van der Waals surface area contributed by atoms with Crippen LogP contribution in [0.4, 0.5) is 0 Å². The van der Waals surface area contributed by atoms with Crippen LogP contribution < -0.4 is 0 Å². The molecule has 0 radical (unpaired) electrons. The minimum atomic E-state index is -0.757. The van der Waals surface area contributed by atoms with Crippen molar-refractivity contribution >= 4 is 33.3 Å². The Kier molecular flexibility index (Phi) is 6.39. The number of phenolic OH excluding ortho intramolecular Hbond substituents is 1. The molecule has 1 aliphatic rings. The topological polar surface area (TPSA) is 60.8 Å². The molecule has 7 heteroatoms. The Morgan fingerprint density at radius 1 is 1.55 bits per heavy atom. The molecule has 0 bridgehead atoms. The van der Waals surface area contributed by atoms with Gasteiger partial charge in [0.1, 0.15) is 0 Å². The number of thioether (sulfide) groups is 2. The SMILES string of the molecule is Cc1ccc([C](=[Ni])SCC[C@@H]2SC[C@H](C(=O)O)N2C)c(O)c1. The molecule has 1 aromatic rings. The van der Waals surface area contributed by atoms with Crippen LogP contribution in [-0.2, 0) is 19.8 Å². The van der Waals surface area contributed by atoms with Gasteiger partial charge in [0.05, 0.1) is 0 Å². The molecule has 124 valence electrons. The minimum absolute atomic E-state index is 0.216. The van der Waals surface area contributed by atoms with Gasteiger partial charge in [-0.25, -0.2) is 0 Å². The van der Waals surface area contributed by atoms with Crippen LogP contribution in [0.3, 0.4) is 0 Å². The van der Waals surface area contributed by atoms with Crippen LogP contribution in [0.1, 0.15) is 17.5 Å². The molecule has 22 heavy (non-hydrogen) atoms. The van der Waals surface area contributed by atoms with E-state index in [9.17, 15) is 9.90 Å². The number of hydrogen-bond donors (Lipinski definition) is 2. The first-order valence-electron chi connectivity index (χ1n) is 6.88. The predicted octanol–water partition coefficient (Wildman–Crippen LogP) is 2.31. The number of nitrogens with zero attached hydrogens (tertiary/aromatic N) is 1. The third kappa shape index (κ3) is 4.28. The van der Waals surface area contributed by atoms with E-state index in [1.807, 2.05) is 31.0 Å². The fourth-order valence-electron chi connectivity index (χ4n) is 2.29. The summed E-state index contributed by atoms with van der Waals surface area (Å²) in [5.74, 6) is 0.920. The van der Waals surface area contributed by atoms with Crippen LogP contribution in [0.15, 0.2) is 18.2 Å². The fourth-order valence-corrected chi connectivity index (χ4v) is 5.23. The molecule has 0 spiro atoms. The molecule has 4 nitrogen and oxygen atoms in total. The summed E-state index contributed by atoms with van der Waals surface area (Å²) in [4.78, 5) is 13.0. The van der Waals surface area contributed by atoms with Crippen molar-refractivity contribution in [2.75, 3.05) is 18.6 Å². The molecular formula is C15H19NNiO3S2. The first kappa shape index (κ1) is 17.9. The van der Waals surface area contributed by atoms with Gasteiger partial charge in [0.25, 0.3) is 0 Å². The van der Waals surface area contributed by atoms with E-state index in [1.54, 1.807) is 29.6 Å². The molecule has 1 aliphatic heterocycles. The van der Waals surface area contributed by atoms with Gasteiger partial charge in [0, 0.05) is 0 Å². The number of aliphatic carboxylic acids is 1. The van der Waals surface area contributed by atoms with Crippen LogP contribution >= 0.6 is 23.5 Å². The Hall–Kier alpha value is -0.486. The molecule has 2 atom stereocenters. The zero-order chi connectivity index (χ0) is 16.3. The quantitative estimate of drug-likeness (QED) is 0.735. The fraction of sp³-hybridized carbons (Fsp3) is 0.467. The van der Waals surface area contributed by atoms with Crippen molar-refractivity contribution in [2.24, 2.45) is 0 Å². The van der Waals surface area contributed by atoms with Gasteiger partial charge in [-0.1, -0.05) is 0 Å². The number of carboxylic acid groups (broad SMARTS) is 1. The van der Waals surface area contributed by atoms with Crippen molar-refractivity contribution in [1.29, 1.82) is 0 Å². The van der Waals surface area contributed by atoms with E-state index < -0.39 is 12.0 Å². The molecule has 0 aromatic heterocycles. The summed E-state index contributed by atoms with van der Waals surface area (Å²) in [5.41, 5.74) is 1.72. The number of hydrogen-bond acceptors (Lipinski definition) is 5. The zero-order valence-electron chi connectivity index (χ0n) is 12.4. The molecule has 2 rings (SSSR count). The number of aryl methyl sites for hydroxylation is 1. The van der Waals surface area contributed by atoms with Gasteiger partial charge < -0.3 is 0 Å². The second kappa shape index (κ2) is 7.87. The van der Waals surface area contributed by atoms with E-state index in [2.05, 4.69) is 0 Å². The second-order valence-electron chi connectivity index (χ2n) is 5.21. The first-order valence-corrected chi connectivity index (χ1v) is 9.41. The summed E-state index contributed by atoms with van der Waals surface area (Å²) in [5, 5.41) is 19.3. The van der Waals surface area contributed by atoms with E-state index in [0.29, 0.717) is 11.3 Å². The number of rotatable bonds is 6. The molecular weight excluding hydrogens is 365 g/mol. The first-order chi connectivity index (χ1) is 10.4. The maximum atomic E-state index is 11.1. The number of likely N-dealkylation sites (N-methyl/N-ethyl adjacent to an activating group) is 1. The van der Waals surface area contributed by atoms with Crippen molar-refractivity contribution in [2.45, 2.75) is 24.8 Å². The van der Waals surface area contributed by atoms with Crippen molar-refractivity contribution in [1.82, 2.24) is 4.90 Å². The van der Waals surface area contributed by atoms with E-state index in [0.717, 1.165) is 21.6 Å². The van der Waals surface area contributed by atoms with Crippen LogP contribution in [0.5, 0.6) is 5.75 Å². The summed E-state index contributed by atoms with van der Waals surface area (Å²) in [6.07, 6.45) is 0.870. The molecule has 2 N–H and O–H groups in total. The molecule has 1 aromatic carbocycles. The van der Waals surface area contributed by atoms with Gasteiger partial charge in [-0.2, -0.15) is 0 Å². The van der Waals surface area contributed by atoms with E-state index in [4.69, 9.17) is 20.1 Å².